The molecule has 148 valence electrons. The number of carbonyl (C=O) groups is 2. The molecule has 6 heteroatoms. The summed E-state index contributed by atoms with van der Waals surface area (Å²) >= 11 is 0. The van der Waals surface area contributed by atoms with Crippen molar-refractivity contribution < 1.29 is 19.1 Å². The Hall–Kier alpha value is -2.24. The van der Waals surface area contributed by atoms with Gasteiger partial charge >= 0.3 is 0 Å². The normalized spacial score (nSPS) is 19.8. The number of hydrogen-bond acceptors (Lipinski definition) is 4. The molecule has 6 nitrogen and oxygen atoms in total. The number of aryl methyl sites for hydroxylation is 1. The van der Waals surface area contributed by atoms with Gasteiger partial charge in [0.05, 0.1) is 0 Å². The summed E-state index contributed by atoms with van der Waals surface area (Å²) in [4.78, 5) is 27.1. The lowest BCUT2D eigenvalue weighted by Crippen LogP contribution is -2.36. The van der Waals surface area contributed by atoms with Crippen LogP contribution in [-0.4, -0.2) is 49.1 Å². The first-order chi connectivity index (χ1) is 12.9. The van der Waals surface area contributed by atoms with Crippen molar-refractivity contribution in [2.45, 2.75) is 52.5 Å². The summed E-state index contributed by atoms with van der Waals surface area (Å²) in [6, 6.07) is 3.63. The maximum atomic E-state index is 12.8. The molecule has 0 aromatic heterocycles. The predicted octanol–water partition coefficient (Wildman–Crippen LogP) is 2.92. The van der Waals surface area contributed by atoms with Crippen LogP contribution < -0.4 is 14.8 Å². The second kappa shape index (κ2) is 8.63. The maximum Gasteiger partial charge on any atom is 0.251 e. The van der Waals surface area contributed by atoms with Gasteiger partial charge in [0.2, 0.25) is 5.91 Å². The number of hydrogen-bond donors (Lipinski definition) is 1. The molecule has 0 spiro atoms. The lowest BCUT2D eigenvalue weighted by molar-refractivity contribution is -0.130. The maximum absolute atomic E-state index is 12.8. The van der Waals surface area contributed by atoms with Gasteiger partial charge < -0.3 is 19.7 Å². The Morgan fingerprint density at radius 3 is 2.63 bits per heavy atom. The fraction of sp³-hybridized carbons (Fsp3) is 0.619. The molecule has 27 heavy (non-hydrogen) atoms. The van der Waals surface area contributed by atoms with E-state index in [9.17, 15) is 9.59 Å². The SMILES string of the molecule is Cc1cc2c(cc1C(=O)NC1CCC(=O)N(CCC(C)C)CC1)OCCO2. The zero-order chi connectivity index (χ0) is 19.4. The summed E-state index contributed by atoms with van der Waals surface area (Å²) in [5, 5.41) is 3.11. The predicted molar refractivity (Wildman–Crippen MR) is 103 cm³/mol. The second-order valence-electron chi connectivity index (χ2n) is 7.87. The van der Waals surface area contributed by atoms with Gasteiger partial charge in [-0.05, 0) is 49.8 Å². The van der Waals surface area contributed by atoms with E-state index in [0.29, 0.717) is 55.6 Å². The van der Waals surface area contributed by atoms with Crippen LogP contribution in [0.5, 0.6) is 11.5 Å². The molecular formula is C21H30N2O4. The van der Waals surface area contributed by atoms with E-state index in [2.05, 4.69) is 19.2 Å². The molecule has 2 amide bonds. The lowest BCUT2D eigenvalue weighted by atomic mass is 10.0. The first-order valence-corrected chi connectivity index (χ1v) is 9.93. The van der Waals surface area contributed by atoms with Crippen molar-refractivity contribution in [3.05, 3.63) is 23.3 Å². The molecule has 0 saturated carbocycles. The fourth-order valence-electron chi connectivity index (χ4n) is 3.53. The van der Waals surface area contributed by atoms with E-state index in [1.54, 1.807) is 6.07 Å². The van der Waals surface area contributed by atoms with Crippen molar-refractivity contribution in [2.75, 3.05) is 26.3 Å². The molecule has 2 aliphatic rings. The number of amides is 2. The Morgan fingerprint density at radius 2 is 1.93 bits per heavy atom. The van der Waals surface area contributed by atoms with Gasteiger partial charge in [-0.2, -0.15) is 0 Å². The van der Waals surface area contributed by atoms with Gasteiger partial charge in [-0.3, -0.25) is 9.59 Å². The number of rotatable bonds is 5. The van der Waals surface area contributed by atoms with E-state index < -0.39 is 0 Å². The van der Waals surface area contributed by atoms with E-state index in [0.717, 1.165) is 24.9 Å². The molecule has 0 radical (unpaired) electrons. The summed E-state index contributed by atoms with van der Waals surface area (Å²) < 4.78 is 11.2. The van der Waals surface area contributed by atoms with Gasteiger partial charge in [-0.25, -0.2) is 0 Å². The average molecular weight is 374 g/mol. The fourth-order valence-corrected chi connectivity index (χ4v) is 3.53. The minimum absolute atomic E-state index is 0.0121. The standard InChI is InChI=1S/C21H30N2O4/c1-14(2)6-8-23-9-7-16(4-5-20(23)24)22-21(25)17-13-19-18(12-15(17)3)26-10-11-27-19/h12-14,16H,4-11H2,1-3H3,(H,22,25). The van der Waals surface area contributed by atoms with Crippen molar-refractivity contribution in [1.82, 2.24) is 10.2 Å². The minimum Gasteiger partial charge on any atom is -0.486 e. The van der Waals surface area contributed by atoms with Gasteiger partial charge in [0.25, 0.3) is 5.91 Å². The smallest absolute Gasteiger partial charge is 0.251 e. The third-order valence-electron chi connectivity index (χ3n) is 5.25. The Bertz CT molecular complexity index is 702. The number of likely N-dealkylation sites (tertiary alicyclic amines) is 1. The summed E-state index contributed by atoms with van der Waals surface area (Å²) in [6.45, 7) is 8.77. The number of ether oxygens (including phenoxy) is 2. The topological polar surface area (TPSA) is 67.9 Å². The van der Waals surface area contributed by atoms with E-state index in [1.807, 2.05) is 17.9 Å². The van der Waals surface area contributed by atoms with Crippen LogP contribution in [0.3, 0.4) is 0 Å². The van der Waals surface area contributed by atoms with E-state index in [4.69, 9.17) is 9.47 Å². The first-order valence-electron chi connectivity index (χ1n) is 9.93. The number of fused-ring (bicyclic) bond motifs is 1. The molecule has 1 fully saturated rings. The Kier molecular flexibility index (Phi) is 6.24. The van der Waals surface area contributed by atoms with Crippen molar-refractivity contribution in [3.63, 3.8) is 0 Å². The summed E-state index contributed by atoms with van der Waals surface area (Å²) in [6.07, 6.45) is 2.98. The summed E-state index contributed by atoms with van der Waals surface area (Å²) in [5.74, 6) is 1.97. The van der Waals surface area contributed by atoms with E-state index >= 15 is 0 Å². The molecule has 1 saturated heterocycles. The average Bonchev–Trinajstić information content (AvgIpc) is 2.81. The largest absolute Gasteiger partial charge is 0.486 e. The van der Waals surface area contributed by atoms with Crippen LogP contribution in [0.1, 0.15) is 55.5 Å². The Morgan fingerprint density at radius 1 is 1.22 bits per heavy atom. The van der Waals surface area contributed by atoms with Crippen molar-refractivity contribution in [3.8, 4) is 11.5 Å². The highest BCUT2D eigenvalue weighted by molar-refractivity contribution is 5.96. The Balaban J connectivity index is 1.62. The number of benzene rings is 1. The third-order valence-corrected chi connectivity index (χ3v) is 5.25. The summed E-state index contributed by atoms with van der Waals surface area (Å²) in [7, 11) is 0. The van der Waals surface area contributed by atoms with Crippen molar-refractivity contribution in [2.24, 2.45) is 5.92 Å². The van der Waals surface area contributed by atoms with Crippen LogP contribution in [0.2, 0.25) is 0 Å². The van der Waals surface area contributed by atoms with Gasteiger partial charge in [0, 0.05) is 31.1 Å². The molecule has 0 aliphatic carbocycles. The zero-order valence-corrected chi connectivity index (χ0v) is 16.5. The molecule has 2 heterocycles. The molecule has 1 N–H and O–H groups in total. The van der Waals surface area contributed by atoms with Crippen LogP contribution in [0.4, 0.5) is 0 Å². The molecule has 3 rings (SSSR count). The quantitative estimate of drug-likeness (QED) is 0.860. The van der Waals surface area contributed by atoms with E-state index in [1.165, 1.54) is 0 Å². The molecular weight excluding hydrogens is 344 g/mol. The number of nitrogens with one attached hydrogen (secondary N) is 1. The lowest BCUT2D eigenvalue weighted by Gasteiger charge is -2.22. The van der Waals surface area contributed by atoms with Crippen LogP contribution in [0, 0.1) is 12.8 Å². The second-order valence-corrected chi connectivity index (χ2v) is 7.87. The van der Waals surface area contributed by atoms with Crippen LogP contribution >= 0.6 is 0 Å². The first kappa shape index (κ1) is 19.5. The van der Waals surface area contributed by atoms with Crippen molar-refractivity contribution >= 4 is 11.8 Å². The molecule has 0 bridgehead atoms. The third kappa shape index (κ3) is 4.93. The monoisotopic (exact) mass is 374 g/mol. The van der Waals surface area contributed by atoms with Crippen molar-refractivity contribution in [1.29, 1.82) is 0 Å². The van der Waals surface area contributed by atoms with Gasteiger partial charge in [-0.1, -0.05) is 13.8 Å². The highest BCUT2D eigenvalue weighted by Crippen LogP contribution is 2.33. The highest BCUT2D eigenvalue weighted by atomic mass is 16.6. The van der Waals surface area contributed by atoms with E-state index in [-0.39, 0.29) is 17.9 Å². The van der Waals surface area contributed by atoms with Crippen LogP contribution in [0.25, 0.3) is 0 Å². The van der Waals surface area contributed by atoms with Gasteiger partial charge in [0.1, 0.15) is 13.2 Å². The molecule has 1 unspecified atom stereocenters. The molecule has 1 aromatic rings. The van der Waals surface area contributed by atoms with Gasteiger partial charge in [-0.15, -0.1) is 0 Å². The van der Waals surface area contributed by atoms with Crippen LogP contribution in [-0.2, 0) is 4.79 Å². The molecule has 2 aliphatic heterocycles. The Labute approximate surface area is 161 Å². The van der Waals surface area contributed by atoms with Gasteiger partial charge in [0.15, 0.2) is 11.5 Å². The highest BCUT2D eigenvalue weighted by Gasteiger charge is 2.25. The molecule has 1 atom stereocenters. The number of carbonyl (C=O) groups excluding carboxylic acids is 2. The summed E-state index contributed by atoms with van der Waals surface area (Å²) in [5.41, 5.74) is 1.46. The van der Waals surface area contributed by atoms with Crippen LogP contribution in [0.15, 0.2) is 12.1 Å². The minimum atomic E-state index is -0.113. The number of nitrogens with zero attached hydrogens (tertiary/aromatic N) is 1. The molecule has 1 aromatic carbocycles. The zero-order valence-electron chi connectivity index (χ0n) is 16.5.